The predicted molar refractivity (Wildman–Crippen MR) is 60.2 cm³/mol. The molecule has 0 saturated heterocycles. The molecule has 0 fully saturated rings. The molecule has 2 aromatic rings. The summed E-state index contributed by atoms with van der Waals surface area (Å²) in [6, 6.07) is 4.29. The molecular weight excluding hydrogens is 239 g/mol. The van der Waals surface area contributed by atoms with E-state index in [2.05, 4.69) is 15.4 Å². The minimum absolute atomic E-state index is 0.112. The number of ether oxygens (including phenoxy) is 1. The lowest BCUT2D eigenvalue weighted by Gasteiger charge is -2.08. The van der Waals surface area contributed by atoms with Crippen LogP contribution in [0, 0.1) is 5.82 Å². The van der Waals surface area contributed by atoms with Crippen LogP contribution >= 0.6 is 0 Å². The van der Waals surface area contributed by atoms with Crippen LogP contribution in [0.1, 0.15) is 24.4 Å². The zero-order chi connectivity index (χ0) is 13.1. The molecule has 1 heterocycles. The van der Waals surface area contributed by atoms with Gasteiger partial charge in [-0.05, 0) is 24.3 Å². The van der Waals surface area contributed by atoms with E-state index in [1.165, 1.54) is 23.9 Å². The number of hydrogen-bond acceptors (Lipinski definition) is 5. The Kier molecular flexibility index (Phi) is 3.52. The monoisotopic (exact) mass is 252 g/mol. The molecule has 0 amide bonds. The van der Waals surface area contributed by atoms with Crippen molar-refractivity contribution in [3.8, 4) is 5.75 Å². The van der Waals surface area contributed by atoms with Gasteiger partial charge in [-0.1, -0.05) is 0 Å². The fourth-order valence-electron chi connectivity index (χ4n) is 1.47. The lowest BCUT2D eigenvalue weighted by atomic mass is 10.1. The van der Waals surface area contributed by atoms with E-state index in [-0.39, 0.29) is 12.2 Å². The summed E-state index contributed by atoms with van der Waals surface area (Å²) in [6.07, 6.45) is -0.847. The molecule has 0 saturated carbocycles. The lowest BCUT2D eigenvalue weighted by Crippen LogP contribution is -2.01. The molecule has 18 heavy (non-hydrogen) atoms. The van der Waals surface area contributed by atoms with Crippen LogP contribution in [0.25, 0.3) is 0 Å². The highest BCUT2D eigenvalue weighted by Gasteiger charge is 2.09. The quantitative estimate of drug-likeness (QED) is 0.878. The van der Waals surface area contributed by atoms with Gasteiger partial charge in [0.15, 0.2) is 6.61 Å². The van der Waals surface area contributed by atoms with Gasteiger partial charge in [0.2, 0.25) is 5.82 Å². The zero-order valence-electron chi connectivity index (χ0n) is 10.0. The summed E-state index contributed by atoms with van der Waals surface area (Å²) >= 11 is 0. The fraction of sp³-hybridized carbons (Fsp3) is 0.364. The van der Waals surface area contributed by atoms with Crippen molar-refractivity contribution in [3.05, 3.63) is 35.4 Å². The minimum Gasteiger partial charge on any atom is -0.485 e. The van der Waals surface area contributed by atoms with Crippen molar-refractivity contribution in [1.82, 2.24) is 20.2 Å². The number of nitrogens with zero attached hydrogens (tertiary/aromatic N) is 4. The molecule has 0 radical (unpaired) electrons. The third-order valence-electron chi connectivity index (χ3n) is 2.34. The molecule has 6 nitrogen and oxygen atoms in total. The number of aryl methyl sites for hydroxylation is 1. The second kappa shape index (κ2) is 5.09. The van der Waals surface area contributed by atoms with Gasteiger partial charge in [-0.2, -0.15) is 4.80 Å². The van der Waals surface area contributed by atoms with Gasteiger partial charge < -0.3 is 9.84 Å². The largest absolute Gasteiger partial charge is 0.485 e. The van der Waals surface area contributed by atoms with Crippen molar-refractivity contribution in [2.45, 2.75) is 19.6 Å². The maximum absolute atomic E-state index is 13.5. The number of rotatable bonds is 4. The second-order valence-corrected chi connectivity index (χ2v) is 3.84. The first-order valence-corrected chi connectivity index (χ1v) is 5.39. The first-order valence-electron chi connectivity index (χ1n) is 5.39. The third-order valence-corrected chi connectivity index (χ3v) is 2.34. The Morgan fingerprint density at radius 3 is 2.83 bits per heavy atom. The van der Waals surface area contributed by atoms with E-state index in [1.54, 1.807) is 13.1 Å². The maximum atomic E-state index is 13.5. The molecule has 96 valence electrons. The maximum Gasteiger partial charge on any atom is 0.212 e. The molecule has 1 N–H and O–H groups in total. The van der Waals surface area contributed by atoms with E-state index in [1.807, 2.05) is 0 Å². The number of tetrazole rings is 1. The second-order valence-electron chi connectivity index (χ2n) is 3.84. The van der Waals surface area contributed by atoms with Crippen molar-refractivity contribution in [2.24, 2.45) is 7.05 Å². The van der Waals surface area contributed by atoms with Crippen LogP contribution in [0.2, 0.25) is 0 Å². The molecule has 0 aliphatic rings. The van der Waals surface area contributed by atoms with Crippen molar-refractivity contribution >= 4 is 0 Å². The van der Waals surface area contributed by atoms with Crippen LogP contribution in [0.3, 0.4) is 0 Å². The van der Waals surface area contributed by atoms with E-state index < -0.39 is 11.9 Å². The molecule has 7 heteroatoms. The summed E-state index contributed by atoms with van der Waals surface area (Å²) in [5.74, 6) is 0.261. The highest BCUT2D eigenvalue weighted by Crippen LogP contribution is 2.21. The van der Waals surface area contributed by atoms with Crippen LogP contribution in [-0.2, 0) is 13.7 Å². The van der Waals surface area contributed by atoms with E-state index in [4.69, 9.17) is 4.74 Å². The number of aromatic nitrogens is 4. The number of aliphatic hydroxyl groups excluding tert-OH is 1. The third kappa shape index (κ3) is 2.80. The summed E-state index contributed by atoms with van der Waals surface area (Å²) in [4.78, 5) is 1.32. The SMILES string of the molecule is C[C@@H](O)c1ccc(OCc2nnn(C)n2)cc1F. The van der Waals surface area contributed by atoms with Gasteiger partial charge in [0.25, 0.3) is 0 Å². The Bertz CT molecular complexity index is 542. The predicted octanol–water partition coefficient (Wildman–Crippen LogP) is 0.981. The van der Waals surface area contributed by atoms with Crippen molar-refractivity contribution in [2.75, 3.05) is 0 Å². The van der Waals surface area contributed by atoms with Crippen molar-refractivity contribution in [3.63, 3.8) is 0 Å². The molecule has 1 aromatic carbocycles. The van der Waals surface area contributed by atoms with Gasteiger partial charge in [0.05, 0.1) is 13.2 Å². The number of hydrogen-bond donors (Lipinski definition) is 1. The molecule has 0 unspecified atom stereocenters. The zero-order valence-corrected chi connectivity index (χ0v) is 10.0. The van der Waals surface area contributed by atoms with E-state index in [9.17, 15) is 9.50 Å². The molecule has 1 aromatic heterocycles. The van der Waals surface area contributed by atoms with Crippen molar-refractivity contribution < 1.29 is 14.2 Å². The van der Waals surface area contributed by atoms with E-state index >= 15 is 0 Å². The van der Waals surface area contributed by atoms with Gasteiger partial charge >= 0.3 is 0 Å². The Morgan fingerprint density at radius 1 is 1.50 bits per heavy atom. The molecule has 1 atom stereocenters. The average Bonchev–Trinajstić information content (AvgIpc) is 2.72. The van der Waals surface area contributed by atoms with Crippen LogP contribution in [0.15, 0.2) is 18.2 Å². The fourth-order valence-corrected chi connectivity index (χ4v) is 1.47. The summed E-state index contributed by atoms with van der Waals surface area (Å²) in [5.41, 5.74) is 0.236. The molecule has 0 aliphatic carbocycles. The van der Waals surface area contributed by atoms with Crippen LogP contribution in [0.4, 0.5) is 4.39 Å². The Labute approximate surface area is 103 Å². The lowest BCUT2D eigenvalue weighted by molar-refractivity contribution is 0.193. The van der Waals surface area contributed by atoms with Gasteiger partial charge in [0, 0.05) is 11.6 Å². The first kappa shape index (κ1) is 12.4. The van der Waals surface area contributed by atoms with Crippen molar-refractivity contribution in [1.29, 1.82) is 0 Å². The normalized spacial score (nSPS) is 12.4. The van der Waals surface area contributed by atoms with Crippen LogP contribution in [-0.4, -0.2) is 25.3 Å². The van der Waals surface area contributed by atoms with Crippen LogP contribution in [0.5, 0.6) is 5.75 Å². The topological polar surface area (TPSA) is 73.1 Å². The number of halogens is 1. The van der Waals surface area contributed by atoms with Gasteiger partial charge in [-0.3, -0.25) is 0 Å². The standard InChI is InChI=1S/C11H13FN4O2/c1-7(17)9-4-3-8(5-10(9)12)18-6-11-13-15-16(2)14-11/h3-5,7,17H,6H2,1-2H3/t7-/m1/s1. The molecule has 2 rings (SSSR count). The van der Waals surface area contributed by atoms with E-state index in [0.29, 0.717) is 11.6 Å². The van der Waals surface area contributed by atoms with Gasteiger partial charge in [0.1, 0.15) is 11.6 Å². The average molecular weight is 252 g/mol. The van der Waals surface area contributed by atoms with Crippen LogP contribution < -0.4 is 4.74 Å². The molecule has 0 aliphatic heterocycles. The minimum atomic E-state index is -0.847. The van der Waals surface area contributed by atoms with E-state index in [0.717, 1.165) is 0 Å². The summed E-state index contributed by atoms with van der Waals surface area (Å²) in [7, 11) is 1.65. The first-order chi connectivity index (χ1) is 8.56. The smallest absolute Gasteiger partial charge is 0.212 e. The number of aliphatic hydroxyl groups is 1. The highest BCUT2D eigenvalue weighted by atomic mass is 19.1. The number of benzene rings is 1. The van der Waals surface area contributed by atoms with Gasteiger partial charge in [-0.25, -0.2) is 4.39 Å². The summed E-state index contributed by atoms with van der Waals surface area (Å²) in [6.45, 7) is 1.61. The molecule has 0 bridgehead atoms. The Morgan fingerprint density at radius 2 is 2.28 bits per heavy atom. The van der Waals surface area contributed by atoms with Gasteiger partial charge in [-0.15, -0.1) is 10.2 Å². The Hall–Kier alpha value is -2.02. The molecule has 0 spiro atoms. The summed E-state index contributed by atoms with van der Waals surface area (Å²) in [5, 5.41) is 20.6. The summed E-state index contributed by atoms with van der Waals surface area (Å²) < 4.78 is 18.9. The highest BCUT2D eigenvalue weighted by molar-refractivity contribution is 5.30. The Balaban J connectivity index is 2.04. The molecular formula is C11H13FN4O2.